The SMILES string of the molecule is O=C(c1ccc2c(c1)N(c1ncc(-c3ccccc3F)cn1)CC21CC1)N1CCCC2(COC2)C1. The molecule has 6 nitrogen and oxygen atoms in total. The lowest BCUT2D eigenvalue weighted by Gasteiger charge is -2.48. The van der Waals surface area contributed by atoms with Gasteiger partial charge >= 0.3 is 0 Å². The number of hydrogen-bond acceptors (Lipinski definition) is 5. The lowest BCUT2D eigenvalue weighted by atomic mass is 9.78. The van der Waals surface area contributed by atoms with Crippen LogP contribution in [0.15, 0.2) is 54.9 Å². The van der Waals surface area contributed by atoms with Crippen LogP contribution in [0.5, 0.6) is 0 Å². The first-order valence-electron chi connectivity index (χ1n) is 12.4. The highest BCUT2D eigenvalue weighted by molar-refractivity contribution is 5.96. The highest BCUT2D eigenvalue weighted by Crippen LogP contribution is 2.57. The molecule has 1 amide bonds. The number of hydrogen-bond donors (Lipinski definition) is 0. The number of likely N-dealkylation sites (tertiary alicyclic amines) is 1. The molecular formula is C28H27FN4O2. The minimum Gasteiger partial charge on any atom is -0.380 e. The molecule has 0 unspecified atom stereocenters. The van der Waals surface area contributed by atoms with Crippen molar-refractivity contribution in [3.05, 3.63) is 71.8 Å². The molecule has 1 aromatic heterocycles. The second-order valence-corrected chi connectivity index (χ2v) is 10.7. The number of ether oxygens (including phenoxy) is 1. The van der Waals surface area contributed by atoms with E-state index in [0.717, 1.165) is 64.2 Å². The zero-order valence-corrected chi connectivity index (χ0v) is 19.5. The van der Waals surface area contributed by atoms with Crippen LogP contribution in [0.4, 0.5) is 16.0 Å². The van der Waals surface area contributed by atoms with Crippen molar-refractivity contribution in [2.75, 3.05) is 37.7 Å². The van der Waals surface area contributed by atoms with Gasteiger partial charge in [-0.25, -0.2) is 14.4 Å². The molecule has 2 saturated heterocycles. The fraction of sp³-hybridized carbons (Fsp3) is 0.393. The van der Waals surface area contributed by atoms with Gasteiger partial charge in [0.2, 0.25) is 5.95 Å². The minimum atomic E-state index is -0.289. The molecule has 0 atom stereocenters. The zero-order chi connectivity index (χ0) is 23.6. The van der Waals surface area contributed by atoms with E-state index in [1.165, 1.54) is 11.6 Å². The van der Waals surface area contributed by atoms with Gasteiger partial charge in [-0.05, 0) is 49.4 Å². The highest BCUT2D eigenvalue weighted by atomic mass is 19.1. The van der Waals surface area contributed by atoms with Crippen LogP contribution >= 0.6 is 0 Å². The molecule has 0 bridgehead atoms. The van der Waals surface area contributed by atoms with Crippen LogP contribution in [0.2, 0.25) is 0 Å². The number of benzene rings is 2. The third-order valence-electron chi connectivity index (χ3n) is 8.25. The zero-order valence-electron chi connectivity index (χ0n) is 19.5. The summed E-state index contributed by atoms with van der Waals surface area (Å²) in [5.41, 5.74) is 4.43. The maximum absolute atomic E-state index is 14.2. The van der Waals surface area contributed by atoms with Crippen molar-refractivity contribution in [2.24, 2.45) is 5.41 Å². The van der Waals surface area contributed by atoms with Crippen LogP contribution in [0.25, 0.3) is 11.1 Å². The van der Waals surface area contributed by atoms with Crippen LogP contribution in [-0.2, 0) is 10.2 Å². The molecule has 2 aromatic carbocycles. The second kappa shape index (κ2) is 7.59. The lowest BCUT2D eigenvalue weighted by Crippen LogP contribution is -2.55. The van der Waals surface area contributed by atoms with Crippen molar-refractivity contribution >= 4 is 17.5 Å². The number of nitrogens with zero attached hydrogens (tertiary/aromatic N) is 4. The lowest BCUT2D eigenvalue weighted by molar-refractivity contribution is -0.138. The number of fused-ring (bicyclic) bond motifs is 2. The molecule has 35 heavy (non-hydrogen) atoms. The van der Waals surface area contributed by atoms with E-state index >= 15 is 0 Å². The normalized spacial score (nSPS) is 21.2. The number of carbonyl (C=O) groups excluding carboxylic acids is 1. The maximum atomic E-state index is 14.2. The molecule has 1 aliphatic carbocycles. The Hall–Kier alpha value is -3.32. The Morgan fingerprint density at radius 3 is 2.51 bits per heavy atom. The van der Waals surface area contributed by atoms with Gasteiger partial charge in [-0.15, -0.1) is 0 Å². The summed E-state index contributed by atoms with van der Waals surface area (Å²) in [6.07, 6.45) is 7.79. The monoisotopic (exact) mass is 470 g/mol. The molecule has 4 aliphatic rings. The van der Waals surface area contributed by atoms with Crippen LogP contribution in [-0.4, -0.2) is 53.6 Å². The Kier molecular flexibility index (Phi) is 4.55. The Bertz CT molecular complexity index is 1320. The fourth-order valence-electron chi connectivity index (χ4n) is 6.05. The van der Waals surface area contributed by atoms with Crippen molar-refractivity contribution in [1.29, 1.82) is 0 Å². The Morgan fingerprint density at radius 2 is 1.80 bits per heavy atom. The summed E-state index contributed by atoms with van der Waals surface area (Å²) in [7, 11) is 0. The van der Waals surface area contributed by atoms with Gasteiger partial charge in [-0.3, -0.25) is 4.79 Å². The number of aromatic nitrogens is 2. The molecule has 7 rings (SSSR count). The van der Waals surface area contributed by atoms with E-state index in [1.807, 2.05) is 17.0 Å². The molecule has 4 heterocycles. The highest BCUT2D eigenvalue weighted by Gasteiger charge is 2.52. The minimum absolute atomic E-state index is 0.0892. The molecule has 3 aromatic rings. The number of piperidine rings is 1. The quantitative estimate of drug-likeness (QED) is 0.555. The van der Waals surface area contributed by atoms with Gasteiger partial charge in [0.25, 0.3) is 5.91 Å². The van der Waals surface area contributed by atoms with Crippen molar-refractivity contribution < 1.29 is 13.9 Å². The molecule has 3 aliphatic heterocycles. The van der Waals surface area contributed by atoms with Gasteiger partial charge in [0.1, 0.15) is 5.82 Å². The summed E-state index contributed by atoms with van der Waals surface area (Å²) >= 11 is 0. The van der Waals surface area contributed by atoms with Gasteiger partial charge in [0.05, 0.1) is 13.2 Å². The number of anilines is 2. The molecule has 2 spiro atoms. The van der Waals surface area contributed by atoms with Crippen LogP contribution in [0.1, 0.15) is 41.6 Å². The maximum Gasteiger partial charge on any atom is 0.253 e. The van der Waals surface area contributed by atoms with Crippen molar-refractivity contribution in [1.82, 2.24) is 14.9 Å². The van der Waals surface area contributed by atoms with E-state index in [9.17, 15) is 9.18 Å². The van der Waals surface area contributed by atoms with Gasteiger partial charge in [-0.1, -0.05) is 24.3 Å². The summed E-state index contributed by atoms with van der Waals surface area (Å²) in [4.78, 5) is 26.8. The molecule has 3 fully saturated rings. The van der Waals surface area contributed by atoms with E-state index in [0.29, 0.717) is 22.6 Å². The smallest absolute Gasteiger partial charge is 0.253 e. The number of carbonyl (C=O) groups is 1. The number of amides is 1. The van der Waals surface area contributed by atoms with Gasteiger partial charge in [-0.2, -0.15) is 0 Å². The van der Waals surface area contributed by atoms with E-state index in [2.05, 4.69) is 20.9 Å². The van der Waals surface area contributed by atoms with Gasteiger partial charge in [0, 0.05) is 65.2 Å². The fourth-order valence-corrected chi connectivity index (χ4v) is 6.05. The van der Waals surface area contributed by atoms with E-state index < -0.39 is 0 Å². The Morgan fingerprint density at radius 1 is 1.00 bits per heavy atom. The Labute approximate surface area is 203 Å². The summed E-state index contributed by atoms with van der Waals surface area (Å²) in [5.74, 6) is 0.387. The van der Waals surface area contributed by atoms with E-state index in [1.54, 1.807) is 30.6 Å². The third kappa shape index (κ3) is 3.36. The molecule has 178 valence electrons. The molecule has 7 heteroatoms. The summed E-state index contributed by atoms with van der Waals surface area (Å²) in [6.45, 7) is 3.90. The molecular weight excluding hydrogens is 443 g/mol. The van der Waals surface area contributed by atoms with Crippen molar-refractivity contribution in [2.45, 2.75) is 31.1 Å². The predicted octanol–water partition coefficient (Wildman–Crippen LogP) is 4.72. The average molecular weight is 471 g/mol. The van der Waals surface area contributed by atoms with Crippen molar-refractivity contribution in [3.8, 4) is 11.1 Å². The third-order valence-corrected chi connectivity index (χ3v) is 8.25. The summed E-state index contributed by atoms with van der Waals surface area (Å²) in [5, 5.41) is 0. The number of halogens is 1. The average Bonchev–Trinajstić information content (AvgIpc) is 3.59. The first kappa shape index (κ1) is 21.0. The second-order valence-electron chi connectivity index (χ2n) is 10.7. The van der Waals surface area contributed by atoms with E-state index in [-0.39, 0.29) is 22.6 Å². The van der Waals surface area contributed by atoms with Crippen LogP contribution in [0.3, 0.4) is 0 Å². The molecule has 0 N–H and O–H groups in total. The summed E-state index contributed by atoms with van der Waals surface area (Å²) < 4.78 is 19.7. The molecule has 1 saturated carbocycles. The predicted molar refractivity (Wildman–Crippen MR) is 130 cm³/mol. The summed E-state index contributed by atoms with van der Waals surface area (Å²) in [6, 6.07) is 12.8. The van der Waals surface area contributed by atoms with Gasteiger partial charge in [0.15, 0.2) is 0 Å². The topological polar surface area (TPSA) is 58.6 Å². The standard InChI is InChI=1S/C28H27FN4O2/c29-23-5-2-1-4-21(23)20-13-30-26(31-14-20)33-16-28(9-10-28)22-7-6-19(12-24(22)33)25(34)32-11-3-8-27(15-32)17-35-18-27/h1-2,4-7,12-14H,3,8-11,15-18H2. The van der Waals surface area contributed by atoms with E-state index in [4.69, 9.17) is 4.74 Å². The first-order chi connectivity index (χ1) is 17.1. The first-order valence-corrected chi connectivity index (χ1v) is 12.4. The molecule has 0 radical (unpaired) electrons. The van der Waals surface area contributed by atoms with Crippen molar-refractivity contribution in [3.63, 3.8) is 0 Å². The van der Waals surface area contributed by atoms with Gasteiger partial charge < -0.3 is 14.5 Å². The number of rotatable bonds is 3. The van der Waals surface area contributed by atoms with Crippen LogP contribution < -0.4 is 4.90 Å². The Balaban J connectivity index is 1.19. The largest absolute Gasteiger partial charge is 0.380 e. The van der Waals surface area contributed by atoms with Crippen LogP contribution in [0, 0.1) is 11.2 Å².